The predicted octanol–water partition coefficient (Wildman–Crippen LogP) is 2.06. The molecule has 1 aliphatic rings. The third-order valence-corrected chi connectivity index (χ3v) is 6.83. The van der Waals surface area contributed by atoms with Crippen LogP contribution < -0.4 is 16.0 Å². The summed E-state index contributed by atoms with van der Waals surface area (Å²) in [6.07, 6.45) is 1.39. The Morgan fingerprint density at radius 2 is 2.00 bits per heavy atom. The lowest BCUT2D eigenvalue weighted by Crippen LogP contribution is -2.72. The molecule has 1 saturated heterocycles. The van der Waals surface area contributed by atoms with Crippen LogP contribution in [0.1, 0.15) is 41.8 Å². The fourth-order valence-corrected chi connectivity index (χ4v) is 4.97. The molecule has 1 aliphatic heterocycles. The van der Waals surface area contributed by atoms with Crippen LogP contribution in [0.3, 0.4) is 0 Å². The van der Waals surface area contributed by atoms with Crippen molar-refractivity contribution in [2.24, 2.45) is 13.0 Å². The van der Waals surface area contributed by atoms with Gasteiger partial charge in [-0.25, -0.2) is 4.98 Å². The largest absolute Gasteiger partial charge is 0.384 e. The molecule has 1 aromatic carbocycles. The minimum Gasteiger partial charge on any atom is -0.384 e. The Balaban J connectivity index is 1.61. The van der Waals surface area contributed by atoms with Crippen LogP contribution in [-0.2, 0) is 23.1 Å². The van der Waals surface area contributed by atoms with Crippen molar-refractivity contribution in [3.8, 4) is 0 Å². The molecule has 1 fully saturated rings. The maximum atomic E-state index is 13.7. The van der Waals surface area contributed by atoms with Gasteiger partial charge in [0.15, 0.2) is 12.2 Å². The summed E-state index contributed by atoms with van der Waals surface area (Å²) in [5, 5.41) is 18.7. The quantitative estimate of drug-likeness (QED) is 0.300. The van der Waals surface area contributed by atoms with E-state index in [0.717, 1.165) is 22.4 Å². The Kier molecular flexibility index (Phi) is 7.60. The molecule has 3 aromatic rings. The Bertz CT molecular complexity index is 1270. The second-order valence-corrected chi connectivity index (χ2v) is 9.70. The summed E-state index contributed by atoms with van der Waals surface area (Å²) >= 11 is 0. The Labute approximate surface area is 217 Å². The molecule has 37 heavy (non-hydrogen) atoms. The van der Waals surface area contributed by atoms with E-state index >= 15 is 0 Å². The van der Waals surface area contributed by atoms with E-state index in [-0.39, 0.29) is 17.9 Å². The number of hydrogen-bond acceptors (Lipinski definition) is 7. The number of aliphatic hydroxyl groups excluding tert-OH is 1. The molecule has 10 nitrogen and oxygen atoms in total. The van der Waals surface area contributed by atoms with Crippen molar-refractivity contribution in [2.75, 3.05) is 17.7 Å². The number of nitrogens with two attached hydrogens (primary N) is 1. The number of nitrogens with zero attached hydrogens (tertiary/aromatic N) is 5. The monoisotopic (exact) mass is 505 g/mol. The number of nitrogen functional groups attached to an aromatic ring is 1. The highest BCUT2D eigenvalue weighted by Gasteiger charge is 2.55. The van der Waals surface area contributed by atoms with Crippen molar-refractivity contribution in [1.82, 2.24) is 25.0 Å². The molecule has 0 spiro atoms. The van der Waals surface area contributed by atoms with E-state index in [9.17, 15) is 14.7 Å². The second kappa shape index (κ2) is 10.7. The topological polar surface area (TPSA) is 130 Å². The smallest absolute Gasteiger partial charge is 0.251 e. The van der Waals surface area contributed by atoms with Gasteiger partial charge in [0.25, 0.3) is 5.91 Å². The number of benzene rings is 1. The minimum atomic E-state index is -1.34. The van der Waals surface area contributed by atoms with Gasteiger partial charge in [0.1, 0.15) is 11.9 Å². The first kappa shape index (κ1) is 26.3. The number of rotatable bonds is 9. The van der Waals surface area contributed by atoms with Gasteiger partial charge in [-0.3, -0.25) is 29.4 Å². The number of aliphatic hydroxyl groups is 1. The zero-order valence-corrected chi connectivity index (χ0v) is 21.9. The van der Waals surface area contributed by atoms with E-state index in [4.69, 9.17) is 5.73 Å². The van der Waals surface area contributed by atoms with Gasteiger partial charge in [-0.05, 0) is 49.9 Å². The molecule has 4 N–H and O–H groups in total. The number of likely N-dealkylation sites (tertiary alicyclic amines) is 1. The van der Waals surface area contributed by atoms with E-state index < -0.39 is 18.3 Å². The number of β-lactam (4-membered cyclic amide) rings is 1. The summed E-state index contributed by atoms with van der Waals surface area (Å²) in [5.41, 5.74) is 9.57. The second-order valence-electron chi connectivity index (χ2n) is 9.70. The lowest BCUT2D eigenvalue weighted by molar-refractivity contribution is -0.183. The van der Waals surface area contributed by atoms with Crippen LogP contribution in [0.5, 0.6) is 0 Å². The maximum Gasteiger partial charge on any atom is 0.251 e. The predicted molar refractivity (Wildman–Crippen MR) is 141 cm³/mol. The maximum absolute atomic E-state index is 13.7. The number of anilines is 2. The summed E-state index contributed by atoms with van der Waals surface area (Å²) in [6.45, 7) is 5.84. The average molecular weight is 506 g/mol. The molecule has 2 amide bonds. The van der Waals surface area contributed by atoms with Gasteiger partial charge in [-0.1, -0.05) is 36.8 Å². The number of aromatic nitrogens is 3. The SMILES string of the molecule is CC[C@@H](NC(O)N1C(=O)[C@H](Cc2cc(C)nc(N)c2)[C@H]1C(=O)N(C)c1ccn(C)n1)c1cccc(C)c1. The number of carbonyl (C=O) groups is 2. The molecule has 0 aliphatic carbocycles. The first-order chi connectivity index (χ1) is 17.6. The Morgan fingerprint density at radius 1 is 1.24 bits per heavy atom. The van der Waals surface area contributed by atoms with Gasteiger partial charge in [-0.2, -0.15) is 5.10 Å². The fraction of sp³-hybridized carbons (Fsp3) is 0.407. The van der Waals surface area contributed by atoms with Crippen LogP contribution in [0.2, 0.25) is 0 Å². The average Bonchev–Trinajstić information content (AvgIpc) is 3.28. The zero-order valence-electron chi connectivity index (χ0n) is 21.9. The molecule has 196 valence electrons. The lowest BCUT2D eigenvalue weighted by atomic mass is 9.81. The minimum absolute atomic E-state index is 0.200. The third-order valence-electron chi connectivity index (χ3n) is 6.83. The number of hydrogen-bond donors (Lipinski definition) is 3. The number of aryl methyl sites for hydroxylation is 3. The number of nitrogens with one attached hydrogen (secondary N) is 1. The molecule has 0 saturated carbocycles. The Morgan fingerprint density at radius 3 is 2.62 bits per heavy atom. The van der Waals surface area contributed by atoms with E-state index in [1.807, 2.05) is 51.1 Å². The van der Waals surface area contributed by atoms with Crippen LogP contribution >= 0.6 is 0 Å². The number of carbonyl (C=O) groups excluding carboxylic acids is 2. The van der Waals surface area contributed by atoms with Gasteiger partial charge in [0, 0.05) is 38.1 Å². The fourth-order valence-electron chi connectivity index (χ4n) is 4.97. The molecule has 10 heteroatoms. The highest BCUT2D eigenvalue weighted by Crippen LogP contribution is 2.34. The summed E-state index contributed by atoms with van der Waals surface area (Å²) in [5.74, 6) is -0.470. The Hall–Kier alpha value is -3.76. The summed E-state index contributed by atoms with van der Waals surface area (Å²) in [6, 6.07) is 12.2. The third kappa shape index (κ3) is 5.50. The van der Waals surface area contributed by atoms with Crippen molar-refractivity contribution in [1.29, 1.82) is 0 Å². The highest BCUT2D eigenvalue weighted by atomic mass is 16.3. The number of amides is 2. The van der Waals surface area contributed by atoms with Crippen LogP contribution in [-0.4, -0.2) is 56.0 Å². The number of likely N-dealkylation sites (N-methyl/N-ethyl adjacent to an activating group) is 1. The van der Waals surface area contributed by atoms with Crippen molar-refractivity contribution in [3.05, 3.63) is 71.0 Å². The molecule has 2 aromatic heterocycles. The molecule has 0 radical (unpaired) electrons. The van der Waals surface area contributed by atoms with Crippen LogP contribution in [0.4, 0.5) is 11.6 Å². The highest BCUT2D eigenvalue weighted by molar-refractivity contribution is 6.05. The van der Waals surface area contributed by atoms with Gasteiger partial charge in [0.2, 0.25) is 5.91 Å². The first-order valence-electron chi connectivity index (χ1n) is 12.4. The molecule has 0 bridgehead atoms. The van der Waals surface area contributed by atoms with E-state index in [0.29, 0.717) is 24.5 Å². The van der Waals surface area contributed by atoms with Gasteiger partial charge in [-0.15, -0.1) is 0 Å². The molecule has 4 atom stereocenters. The van der Waals surface area contributed by atoms with Crippen molar-refractivity contribution in [3.63, 3.8) is 0 Å². The van der Waals surface area contributed by atoms with Gasteiger partial charge < -0.3 is 10.8 Å². The molecule has 4 rings (SSSR count). The van der Waals surface area contributed by atoms with Crippen LogP contribution in [0.15, 0.2) is 48.7 Å². The molecular formula is C27H35N7O3. The van der Waals surface area contributed by atoms with Crippen molar-refractivity contribution < 1.29 is 14.7 Å². The van der Waals surface area contributed by atoms with E-state index in [2.05, 4.69) is 15.4 Å². The van der Waals surface area contributed by atoms with Gasteiger partial charge >= 0.3 is 0 Å². The van der Waals surface area contributed by atoms with Crippen LogP contribution in [0.25, 0.3) is 0 Å². The van der Waals surface area contributed by atoms with Crippen LogP contribution in [0, 0.1) is 19.8 Å². The zero-order chi connectivity index (χ0) is 26.9. The first-order valence-corrected chi connectivity index (χ1v) is 12.4. The normalized spacial score (nSPS) is 18.9. The van der Waals surface area contributed by atoms with Crippen molar-refractivity contribution >= 4 is 23.5 Å². The van der Waals surface area contributed by atoms with Gasteiger partial charge in [0.05, 0.1) is 5.92 Å². The number of pyridine rings is 1. The summed E-state index contributed by atoms with van der Waals surface area (Å²) in [7, 11) is 3.39. The molecular weight excluding hydrogens is 470 g/mol. The van der Waals surface area contributed by atoms with Crippen molar-refractivity contribution in [2.45, 2.75) is 52.0 Å². The standard InChI is InChI=1S/C27H35N7O3/c1-6-21(19-9-7-8-16(2)12-19)30-27(37)34-24(26(36)33(5)23-10-11-32(4)31-23)20(25(34)35)14-18-13-17(3)29-22(28)15-18/h7-13,15,20-21,24,27,30,37H,6,14H2,1-5H3,(H2,28,29)/t20-,21-,24+,27?/m1/s1. The summed E-state index contributed by atoms with van der Waals surface area (Å²) < 4.78 is 1.60. The molecule has 1 unspecified atom stereocenters. The van der Waals surface area contributed by atoms with E-state index in [1.54, 1.807) is 37.1 Å². The van der Waals surface area contributed by atoms with E-state index in [1.165, 1.54) is 9.80 Å². The summed E-state index contributed by atoms with van der Waals surface area (Å²) in [4.78, 5) is 34.0. The lowest BCUT2D eigenvalue weighted by Gasteiger charge is -2.49. The molecule has 3 heterocycles.